The van der Waals surface area contributed by atoms with E-state index in [1.165, 1.54) is 24.3 Å². The fourth-order valence-electron chi connectivity index (χ4n) is 4.06. The number of fused-ring (bicyclic) bond motifs is 1. The van der Waals surface area contributed by atoms with Crippen LogP contribution in [-0.2, 0) is 19.1 Å². The monoisotopic (exact) mass is 490 g/mol. The van der Waals surface area contributed by atoms with E-state index in [-0.39, 0.29) is 21.8 Å². The zero-order valence-corrected chi connectivity index (χ0v) is 20.0. The normalized spacial score (nSPS) is 18.2. The van der Waals surface area contributed by atoms with Crippen LogP contribution >= 0.6 is 11.6 Å². The fraction of sp³-hybridized carbons (Fsp3) is 0.333. The van der Waals surface area contributed by atoms with Crippen molar-refractivity contribution in [2.75, 3.05) is 12.0 Å². The first-order valence-corrected chi connectivity index (χ1v) is 10.7. The van der Waals surface area contributed by atoms with E-state index in [0.29, 0.717) is 0 Å². The molecule has 2 aromatic carbocycles. The highest BCUT2D eigenvalue weighted by molar-refractivity contribution is 6.31. The maximum atomic E-state index is 15.2. The Morgan fingerprint density at radius 2 is 1.79 bits per heavy atom. The summed E-state index contributed by atoms with van der Waals surface area (Å²) in [6, 6.07) is 7.84. The van der Waals surface area contributed by atoms with Crippen molar-refractivity contribution < 1.29 is 33.0 Å². The third-order valence-electron chi connectivity index (χ3n) is 5.25. The Labute approximate surface area is 201 Å². The van der Waals surface area contributed by atoms with Gasteiger partial charge in [-0.15, -0.1) is 0 Å². The molecule has 8 nitrogen and oxygen atoms in total. The highest BCUT2D eigenvalue weighted by Gasteiger charge is 2.65. The lowest BCUT2D eigenvalue weighted by atomic mass is 9.80. The highest BCUT2D eigenvalue weighted by Crippen LogP contribution is 2.47. The summed E-state index contributed by atoms with van der Waals surface area (Å²) in [6.45, 7) is 5.98. The van der Waals surface area contributed by atoms with Crippen LogP contribution in [0.1, 0.15) is 49.7 Å². The molecule has 34 heavy (non-hydrogen) atoms. The summed E-state index contributed by atoms with van der Waals surface area (Å²) in [4.78, 5) is 53.9. The number of rotatable bonds is 4. The number of amides is 2. The Morgan fingerprint density at radius 1 is 1.15 bits per heavy atom. The first-order chi connectivity index (χ1) is 15.8. The Balaban J connectivity index is 2.34. The Kier molecular flexibility index (Phi) is 6.71. The van der Waals surface area contributed by atoms with Crippen LogP contribution in [0, 0.1) is 5.82 Å². The second-order valence-electron chi connectivity index (χ2n) is 8.70. The highest BCUT2D eigenvalue weighted by atomic mass is 35.5. The number of nitrogens with one attached hydrogen (secondary N) is 1. The Bertz CT molecular complexity index is 1180. The largest absolute Gasteiger partial charge is 0.467 e. The molecule has 2 aromatic rings. The van der Waals surface area contributed by atoms with Gasteiger partial charge in [-0.1, -0.05) is 29.8 Å². The van der Waals surface area contributed by atoms with E-state index in [4.69, 9.17) is 21.1 Å². The maximum absolute atomic E-state index is 15.2. The molecular formula is C24H24ClFN2O6. The molecule has 1 N–H and O–H groups in total. The van der Waals surface area contributed by atoms with Crippen LogP contribution in [0.3, 0.4) is 0 Å². The molecule has 180 valence electrons. The molecule has 0 saturated heterocycles. The summed E-state index contributed by atoms with van der Waals surface area (Å²) >= 11 is 5.90. The number of nitrogens with zero attached hydrogens (tertiary/aromatic N) is 1. The van der Waals surface area contributed by atoms with Crippen LogP contribution < -0.4 is 10.2 Å². The molecule has 3 rings (SSSR count). The molecule has 10 heteroatoms. The van der Waals surface area contributed by atoms with Gasteiger partial charge >= 0.3 is 12.1 Å². The average Bonchev–Trinajstić information content (AvgIpc) is 3.00. The standard InChI is InChI=1S/C24H24ClFN2O6/c1-13(29)28-18-9-7-6-8-16(18)20(30)24(28,21(31)33-5)19(27-22(32)34-23(2,3)4)15-11-10-14(25)12-17(15)26/h6-12,19H,1-5H3,(H,27,32)/t19-,24+/m0/s1. The van der Waals surface area contributed by atoms with Gasteiger partial charge in [-0.05, 0) is 45.0 Å². The molecular weight excluding hydrogens is 467 g/mol. The van der Waals surface area contributed by atoms with Gasteiger partial charge in [-0.2, -0.15) is 0 Å². The fourth-order valence-corrected chi connectivity index (χ4v) is 4.22. The number of alkyl carbamates (subject to hydrolysis) is 1. The van der Waals surface area contributed by atoms with Crippen LogP contribution in [0.5, 0.6) is 0 Å². The third kappa shape index (κ3) is 4.23. The van der Waals surface area contributed by atoms with Gasteiger partial charge in [0.1, 0.15) is 17.5 Å². The lowest BCUT2D eigenvalue weighted by molar-refractivity contribution is -0.147. The summed E-state index contributed by atoms with van der Waals surface area (Å²) < 4.78 is 25.5. The van der Waals surface area contributed by atoms with Crippen LogP contribution in [-0.4, -0.2) is 42.0 Å². The minimum atomic E-state index is -2.49. The number of ether oxygens (including phenoxy) is 2. The van der Waals surface area contributed by atoms with Gasteiger partial charge in [0.2, 0.25) is 17.2 Å². The van der Waals surface area contributed by atoms with Crippen LogP contribution in [0.15, 0.2) is 42.5 Å². The minimum Gasteiger partial charge on any atom is -0.467 e. The molecule has 1 aliphatic rings. The summed E-state index contributed by atoms with van der Waals surface area (Å²) in [5, 5.41) is 2.49. The molecule has 1 aliphatic heterocycles. The van der Waals surface area contributed by atoms with Crippen molar-refractivity contribution in [1.82, 2.24) is 5.32 Å². The van der Waals surface area contributed by atoms with Crippen LogP contribution in [0.2, 0.25) is 5.02 Å². The molecule has 0 fully saturated rings. The number of carbonyl (C=O) groups is 4. The van der Waals surface area contributed by atoms with Gasteiger partial charge in [-0.25, -0.2) is 14.0 Å². The smallest absolute Gasteiger partial charge is 0.408 e. The molecule has 0 bridgehead atoms. The molecule has 0 spiro atoms. The summed E-state index contributed by atoms with van der Waals surface area (Å²) in [6.07, 6.45) is -1.04. The number of carbonyl (C=O) groups excluding carboxylic acids is 4. The van der Waals surface area contributed by atoms with E-state index in [1.807, 2.05) is 0 Å². The Morgan fingerprint density at radius 3 is 2.35 bits per heavy atom. The van der Waals surface area contributed by atoms with Crippen molar-refractivity contribution in [3.8, 4) is 0 Å². The van der Waals surface area contributed by atoms with Crippen molar-refractivity contribution in [3.05, 3.63) is 64.4 Å². The van der Waals surface area contributed by atoms with Crippen molar-refractivity contribution >= 4 is 41.0 Å². The number of halogens is 2. The summed E-state index contributed by atoms with van der Waals surface area (Å²) in [5.74, 6) is -3.63. The first-order valence-electron chi connectivity index (χ1n) is 10.3. The number of benzene rings is 2. The number of hydrogen-bond acceptors (Lipinski definition) is 6. The second kappa shape index (κ2) is 9.06. The Hall–Kier alpha value is -3.46. The van der Waals surface area contributed by atoms with E-state index in [9.17, 15) is 19.2 Å². The molecule has 2 amide bonds. The quantitative estimate of drug-likeness (QED) is 0.509. The third-order valence-corrected chi connectivity index (χ3v) is 5.49. The number of methoxy groups -OCH3 is 1. The van der Waals surface area contributed by atoms with Crippen molar-refractivity contribution in [2.45, 2.75) is 44.9 Å². The number of Topliss-reactive ketones (excluding diaryl/α,β-unsaturated/α-hetero) is 1. The van der Waals surface area contributed by atoms with E-state index < -0.39 is 46.8 Å². The topological polar surface area (TPSA) is 102 Å². The number of anilines is 1. The summed E-state index contributed by atoms with van der Waals surface area (Å²) in [5.41, 5.74) is -3.55. The number of ketones is 1. The van der Waals surface area contributed by atoms with Crippen molar-refractivity contribution in [3.63, 3.8) is 0 Å². The first kappa shape index (κ1) is 25.2. The van der Waals surface area contributed by atoms with Gasteiger partial charge in [0, 0.05) is 23.1 Å². The average molecular weight is 491 g/mol. The van der Waals surface area contributed by atoms with Gasteiger partial charge < -0.3 is 14.8 Å². The molecule has 1 heterocycles. The van der Waals surface area contributed by atoms with Gasteiger partial charge in [-0.3, -0.25) is 14.5 Å². The zero-order valence-electron chi connectivity index (χ0n) is 19.3. The van der Waals surface area contributed by atoms with E-state index in [0.717, 1.165) is 25.0 Å². The number of esters is 1. The maximum Gasteiger partial charge on any atom is 0.408 e. The molecule has 0 aliphatic carbocycles. The molecule has 0 unspecified atom stereocenters. The molecule has 2 atom stereocenters. The van der Waals surface area contributed by atoms with Gasteiger partial charge in [0.25, 0.3) is 0 Å². The second-order valence-corrected chi connectivity index (χ2v) is 9.14. The van der Waals surface area contributed by atoms with Crippen LogP contribution in [0.25, 0.3) is 0 Å². The SMILES string of the molecule is COC(=O)[C@@]1([C@@H](NC(=O)OC(C)(C)C)c2ccc(Cl)cc2F)C(=O)c2ccccc2N1C(C)=O. The van der Waals surface area contributed by atoms with Crippen molar-refractivity contribution in [2.24, 2.45) is 0 Å². The molecule has 0 saturated carbocycles. The lowest BCUT2D eigenvalue weighted by Gasteiger charge is -2.40. The predicted molar refractivity (Wildman–Crippen MR) is 122 cm³/mol. The van der Waals surface area contributed by atoms with Crippen LogP contribution in [0.4, 0.5) is 14.9 Å². The molecule has 0 radical (unpaired) electrons. The molecule has 0 aromatic heterocycles. The number of hydrogen-bond donors (Lipinski definition) is 1. The van der Waals surface area contributed by atoms with Gasteiger partial charge in [0.05, 0.1) is 12.8 Å². The van der Waals surface area contributed by atoms with Crippen molar-refractivity contribution in [1.29, 1.82) is 0 Å². The van der Waals surface area contributed by atoms with E-state index in [2.05, 4.69) is 5.32 Å². The van der Waals surface area contributed by atoms with Gasteiger partial charge in [0.15, 0.2) is 0 Å². The lowest BCUT2D eigenvalue weighted by Crippen LogP contribution is -2.66. The zero-order chi connectivity index (χ0) is 25.4. The van der Waals surface area contributed by atoms with E-state index >= 15 is 4.39 Å². The van der Waals surface area contributed by atoms with E-state index in [1.54, 1.807) is 32.9 Å². The minimum absolute atomic E-state index is 0.0356. The predicted octanol–water partition coefficient (Wildman–Crippen LogP) is 4.21. The summed E-state index contributed by atoms with van der Waals surface area (Å²) in [7, 11) is 1.03. The number of para-hydroxylation sites is 1.